The highest BCUT2D eigenvalue weighted by Crippen LogP contribution is 2.27. The van der Waals surface area contributed by atoms with Crippen LogP contribution < -0.4 is 10.1 Å². The van der Waals surface area contributed by atoms with Crippen molar-refractivity contribution in [2.24, 2.45) is 5.92 Å². The molecule has 0 spiro atoms. The Morgan fingerprint density at radius 2 is 2.38 bits per heavy atom. The quantitative estimate of drug-likeness (QED) is 0.880. The number of ether oxygens (including phenoxy) is 1. The molecule has 1 aliphatic carbocycles. The molecule has 2 rings (SSSR count). The van der Waals surface area contributed by atoms with Crippen LogP contribution in [0.4, 0.5) is 0 Å². The third kappa shape index (κ3) is 2.38. The van der Waals surface area contributed by atoms with E-state index >= 15 is 0 Å². The number of carbonyl (C=O) groups excluding carboxylic acids is 1. The first-order valence-corrected chi connectivity index (χ1v) is 6.51. The summed E-state index contributed by atoms with van der Waals surface area (Å²) < 4.78 is 5.14. The van der Waals surface area contributed by atoms with Crippen LogP contribution in [0.5, 0.6) is 5.75 Å². The van der Waals surface area contributed by atoms with Crippen molar-refractivity contribution < 1.29 is 9.53 Å². The topological polar surface area (TPSA) is 38.3 Å². The zero-order valence-electron chi connectivity index (χ0n) is 9.66. The van der Waals surface area contributed by atoms with Gasteiger partial charge in [0.15, 0.2) is 0 Å². The van der Waals surface area contributed by atoms with Crippen LogP contribution in [0, 0.1) is 5.92 Å². The number of amides is 1. The minimum Gasteiger partial charge on any atom is -0.495 e. The minimum absolute atomic E-state index is 0.00551. The van der Waals surface area contributed by atoms with Crippen LogP contribution in [0.25, 0.3) is 0 Å². The number of carbonyl (C=O) groups is 1. The van der Waals surface area contributed by atoms with Gasteiger partial charge in [-0.05, 0) is 36.6 Å². The fourth-order valence-electron chi connectivity index (χ4n) is 2.21. The molecule has 0 aromatic carbocycles. The molecule has 1 saturated carbocycles. The summed E-state index contributed by atoms with van der Waals surface area (Å²) in [6.45, 7) is 2.23. The van der Waals surface area contributed by atoms with E-state index in [0.717, 1.165) is 18.8 Å². The Balaban J connectivity index is 1.98. The molecule has 1 amide bonds. The monoisotopic (exact) mass is 239 g/mol. The zero-order valence-corrected chi connectivity index (χ0v) is 10.5. The largest absolute Gasteiger partial charge is 0.495 e. The zero-order chi connectivity index (χ0) is 11.5. The molecule has 0 aliphatic heterocycles. The van der Waals surface area contributed by atoms with Crippen LogP contribution >= 0.6 is 11.3 Å². The molecule has 1 heterocycles. The molecule has 0 bridgehead atoms. The van der Waals surface area contributed by atoms with Gasteiger partial charge in [-0.25, -0.2) is 0 Å². The second-order valence-corrected chi connectivity index (χ2v) is 5.32. The Morgan fingerprint density at radius 3 is 3.00 bits per heavy atom. The highest BCUT2D eigenvalue weighted by molar-refractivity contribution is 7.12. The summed E-state index contributed by atoms with van der Waals surface area (Å²) in [5.74, 6) is 1.41. The summed E-state index contributed by atoms with van der Waals surface area (Å²) in [6, 6.07) is 2.17. The van der Waals surface area contributed by atoms with Gasteiger partial charge >= 0.3 is 0 Å². The van der Waals surface area contributed by atoms with Crippen molar-refractivity contribution in [3.63, 3.8) is 0 Å². The van der Waals surface area contributed by atoms with Crippen LogP contribution in [0.1, 0.15) is 35.9 Å². The van der Waals surface area contributed by atoms with Crippen molar-refractivity contribution in [3.05, 3.63) is 16.3 Å². The summed E-state index contributed by atoms with van der Waals surface area (Å²) in [5, 5.41) is 4.96. The number of rotatable bonds is 3. The van der Waals surface area contributed by atoms with E-state index < -0.39 is 0 Å². The molecule has 1 aromatic rings. The predicted octanol–water partition coefficient (Wildman–Crippen LogP) is 2.68. The van der Waals surface area contributed by atoms with Crippen molar-refractivity contribution >= 4 is 17.2 Å². The SMILES string of the molecule is COc1ccsc1C(=O)NC1CCC(C)C1. The van der Waals surface area contributed by atoms with E-state index in [-0.39, 0.29) is 5.91 Å². The molecule has 2 unspecified atom stereocenters. The van der Waals surface area contributed by atoms with Crippen molar-refractivity contribution in [1.29, 1.82) is 0 Å². The van der Waals surface area contributed by atoms with Gasteiger partial charge in [-0.3, -0.25) is 4.79 Å². The highest BCUT2D eigenvalue weighted by Gasteiger charge is 2.24. The summed E-state index contributed by atoms with van der Waals surface area (Å²) in [6.07, 6.45) is 3.41. The first kappa shape index (κ1) is 11.5. The molecular formula is C12H17NO2S. The van der Waals surface area contributed by atoms with Crippen molar-refractivity contribution in [1.82, 2.24) is 5.32 Å². The number of methoxy groups -OCH3 is 1. The summed E-state index contributed by atoms with van der Waals surface area (Å²) >= 11 is 1.43. The van der Waals surface area contributed by atoms with Gasteiger partial charge in [0, 0.05) is 6.04 Å². The van der Waals surface area contributed by atoms with E-state index in [9.17, 15) is 4.79 Å². The Morgan fingerprint density at radius 1 is 1.56 bits per heavy atom. The molecule has 2 atom stereocenters. The summed E-state index contributed by atoms with van der Waals surface area (Å²) in [7, 11) is 1.59. The molecule has 88 valence electrons. The lowest BCUT2D eigenvalue weighted by atomic mass is 10.1. The third-order valence-corrected chi connectivity index (χ3v) is 3.98. The number of hydrogen-bond acceptors (Lipinski definition) is 3. The lowest BCUT2D eigenvalue weighted by Gasteiger charge is -2.12. The lowest BCUT2D eigenvalue weighted by Crippen LogP contribution is -2.32. The molecule has 1 N–H and O–H groups in total. The van der Waals surface area contributed by atoms with Crippen LogP contribution in [0.2, 0.25) is 0 Å². The van der Waals surface area contributed by atoms with Crippen LogP contribution in [-0.2, 0) is 0 Å². The van der Waals surface area contributed by atoms with Gasteiger partial charge in [-0.15, -0.1) is 11.3 Å². The van der Waals surface area contributed by atoms with E-state index in [1.54, 1.807) is 7.11 Å². The summed E-state index contributed by atoms with van der Waals surface area (Å²) in [4.78, 5) is 12.6. The normalized spacial score (nSPS) is 24.4. The average molecular weight is 239 g/mol. The Hall–Kier alpha value is -1.03. The molecule has 3 nitrogen and oxygen atoms in total. The van der Waals surface area contributed by atoms with Crippen LogP contribution in [0.3, 0.4) is 0 Å². The van der Waals surface area contributed by atoms with Gasteiger partial charge in [-0.1, -0.05) is 6.92 Å². The molecule has 1 fully saturated rings. The second kappa shape index (κ2) is 4.87. The van der Waals surface area contributed by atoms with Crippen LogP contribution in [0.15, 0.2) is 11.4 Å². The minimum atomic E-state index is 0.00551. The fourth-order valence-corrected chi connectivity index (χ4v) is 2.97. The van der Waals surface area contributed by atoms with E-state index in [4.69, 9.17) is 4.74 Å². The Labute approximate surface area is 99.8 Å². The summed E-state index contributed by atoms with van der Waals surface area (Å²) in [5.41, 5.74) is 0. The van der Waals surface area contributed by atoms with Gasteiger partial charge in [0.1, 0.15) is 10.6 Å². The number of thiophene rings is 1. The van der Waals surface area contributed by atoms with Gasteiger partial charge in [0.25, 0.3) is 5.91 Å². The van der Waals surface area contributed by atoms with Crippen molar-refractivity contribution in [2.75, 3.05) is 7.11 Å². The van der Waals surface area contributed by atoms with Crippen LogP contribution in [-0.4, -0.2) is 19.1 Å². The smallest absolute Gasteiger partial charge is 0.265 e. The van der Waals surface area contributed by atoms with Crippen molar-refractivity contribution in [3.8, 4) is 5.75 Å². The predicted molar refractivity (Wildman–Crippen MR) is 65.1 cm³/mol. The Bertz CT molecular complexity index is 375. The third-order valence-electron chi connectivity index (χ3n) is 3.09. The van der Waals surface area contributed by atoms with Crippen molar-refractivity contribution in [2.45, 2.75) is 32.2 Å². The molecule has 1 aliphatic rings. The maximum absolute atomic E-state index is 12.0. The molecule has 0 saturated heterocycles. The van der Waals surface area contributed by atoms with E-state index in [1.165, 1.54) is 17.8 Å². The highest BCUT2D eigenvalue weighted by atomic mass is 32.1. The number of hydrogen-bond donors (Lipinski definition) is 1. The maximum Gasteiger partial charge on any atom is 0.265 e. The standard InChI is InChI=1S/C12H17NO2S/c1-8-3-4-9(7-8)13-12(14)11-10(15-2)5-6-16-11/h5-6,8-9H,3-4,7H2,1-2H3,(H,13,14). The van der Waals surface area contributed by atoms with E-state index in [0.29, 0.717) is 16.7 Å². The molecule has 0 radical (unpaired) electrons. The van der Waals surface area contributed by atoms with E-state index in [2.05, 4.69) is 12.2 Å². The van der Waals surface area contributed by atoms with Gasteiger partial charge in [0.05, 0.1) is 7.11 Å². The first-order valence-electron chi connectivity index (χ1n) is 5.63. The molecule has 1 aromatic heterocycles. The average Bonchev–Trinajstić information content (AvgIpc) is 2.86. The molecule has 4 heteroatoms. The van der Waals surface area contributed by atoms with Gasteiger partial charge in [0.2, 0.25) is 0 Å². The maximum atomic E-state index is 12.0. The molecule has 16 heavy (non-hydrogen) atoms. The Kier molecular flexibility index (Phi) is 3.49. The lowest BCUT2D eigenvalue weighted by molar-refractivity contribution is 0.0938. The van der Waals surface area contributed by atoms with Gasteiger partial charge < -0.3 is 10.1 Å². The number of nitrogens with one attached hydrogen (secondary N) is 1. The van der Waals surface area contributed by atoms with E-state index in [1.807, 2.05) is 11.4 Å². The second-order valence-electron chi connectivity index (χ2n) is 4.41. The van der Waals surface area contributed by atoms with Gasteiger partial charge in [-0.2, -0.15) is 0 Å². The fraction of sp³-hybridized carbons (Fsp3) is 0.583. The molecular weight excluding hydrogens is 222 g/mol. The first-order chi connectivity index (χ1) is 7.70.